The summed E-state index contributed by atoms with van der Waals surface area (Å²) < 4.78 is 0.996. The van der Waals surface area contributed by atoms with Gasteiger partial charge in [0, 0.05) is 22.5 Å². The molecule has 138 valence electrons. The van der Waals surface area contributed by atoms with E-state index in [1.807, 2.05) is 29.6 Å². The number of hydrogen-bond donors (Lipinski definition) is 2. The number of benzene rings is 1. The number of nitrogens with zero attached hydrogens (tertiary/aromatic N) is 1. The lowest BCUT2D eigenvalue weighted by Gasteiger charge is -2.29. The molecule has 1 aliphatic carbocycles. The first kappa shape index (κ1) is 19.0. The second-order valence-electron chi connectivity index (χ2n) is 6.51. The van der Waals surface area contributed by atoms with Gasteiger partial charge in [-0.25, -0.2) is 4.98 Å². The van der Waals surface area contributed by atoms with Crippen LogP contribution in [-0.2, 0) is 4.79 Å². The number of carbonyl (C=O) groups excluding carboxylic acids is 2. The average molecular weight is 436 g/mol. The Balaban J connectivity index is 1.73. The van der Waals surface area contributed by atoms with Crippen molar-refractivity contribution in [1.29, 1.82) is 0 Å². The summed E-state index contributed by atoms with van der Waals surface area (Å²) in [6.07, 6.45) is 5.37. The van der Waals surface area contributed by atoms with Crippen LogP contribution in [0.25, 0.3) is 11.3 Å². The average Bonchev–Trinajstić information content (AvgIpc) is 3.17. The molecule has 1 heterocycles. The minimum atomic E-state index is -0.493. The van der Waals surface area contributed by atoms with E-state index in [9.17, 15) is 9.59 Å². The quantitative estimate of drug-likeness (QED) is 0.745. The molecule has 26 heavy (non-hydrogen) atoms. The summed E-state index contributed by atoms with van der Waals surface area (Å²) in [5.41, 5.74) is 1.72. The molecular weight excluding hydrogens is 414 g/mol. The zero-order valence-electron chi connectivity index (χ0n) is 14.6. The monoisotopic (exact) mass is 435 g/mol. The molecule has 0 spiro atoms. The minimum absolute atomic E-state index is 0.130. The van der Waals surface area contributed by atoms with Crippen LogP contribution >= 0.6 is 27.3 Å². The van der Waals surface area contributed by atoms with Gasteiger partial charge >= 0.3 is 0 Å². The van der Waals surface area contributed by atoms with Crippen molar-refractivity contribution < 1.29 is 9.59 Å². The molecule has 2 amide bonds. The molecule has 2 N–H and O–H groups in total. The topological polar surface area (TPSA) is 71.1 Å². The fraction of sp³-hybridized carbons (Fsp3) is 0.421. The first-order chi connectivity index (χ1) is 12.6. The van der Waals surface area contributed by atoms with Crippen LogP contribution in [0.3, 0.4) is 0 Å². The van der Waals surface area contributed by atoms with Gasteiger partial charge in [-0.05, 0) is 30.9 Å². The number of thiazole rings is 1. The predicted octanol–water partition coefficient (Wildman–Crippen LogP) is 4.00. The van der Waals surface area contributed by atoms with Crippen LogP contribution < -0.4 is 10.6 Å². The molecule has 2 aromatic rings. The fourth-order valence-corrected chi connectivity index (χ4v) is 4.35. The number of halogens is 1. The van der Waals surface area contributed by atoms with Gasteiger partial charge in [0.05, 0.1) is 5.69 Å². The van der Waals surface area contributed by atoms with Crippen molar-refractivity contribution in [3.8, 4) is 11.3 Å². The molecule has 0 unspecified atom stereocenters. The van der Waals surface area contributed by atoms with E-state index in [1.54, 1.807) is 7.05 Å². The van der Waals surface area contributed by atoms with E-state index in [0.717, 1.165) is 41.4 Å². The Morgan fingerprint density at radius 1 is 1.19 bits per heavy atom. The van der Waals surface area contributed by atoms with E-state index in [1.165, 1.54) is 17.8 Å². The zero-order valence-corrected chi connectivity index (χ0v) is 17.0. The van der Waals surface area contributed by atoms with E-state index in [2.05, 4.69) is 31.5 Å². The highest BCUT2D eigenvalue weighted by molar-refractivity contribution is 9.10. The molecule has 1 fully saturated rings. The van der Waals surface area contributed by atoms with E-state index >= 15 is 0 Å². The van der Waals surface area contributed by atoms with Gasteiger partial charge < -0.3 is 10.6 Å². The van der Waals surface area contributed by atoms with Crippen LogP contribution in [-0.4, -0.2) is 29.9 Å². The van der Waals surface area contributed by atoms with Gasteiger partial charge in [-0.2, -0.15) is 0 Å². The van der Waals surface area contributed by atoms with Gasteiger partial charge in [0.25, 0.3) is 5.91 Å². The Labute approximate surface area is 165 Å². The van der Waals surface area contributed by atoms with E-state index in [0.29, 0.717) is 5.01 Å². The van der Waals surface area contributed by atoms with Crippen LogP contribution in [0.4, 0.5) is 0 Å². The number of rotatable bonds is 5. The Hall–Kier alpha value is -1.73. The first-order valence-electron chi connectivity index (χ1n) is 8.82. The Morgan fingerprint density at radius 3 is 2.54 bits per heavy atom. The van der Waals surface area contributed by atoms with E-state index in [-0.39, 0.29) is 17.7 Å². The lowest BCUT2D eigenvalue weighted by molar-refractivity contribution is -0.124. The summed E-state index contributed by atoms with van der Waals surface area (Å²) >= 11 is 4.71. The minimum Gasteiger partial charge on any atom is -0.357 e. The van der Waals surface area contributed by atoms with Crippen molar-refractivity contribution in [3.05, 3.63) is 39.1 Å². The number of nitrogens with one attached hydrogen (secondary N) is 2. The highest BCUT2D eigenvalue weighted by atomic mass is 79.9. The summed E-state index contributed by atoms with van der Waals surface area (Å²) in [5.74, 6) is -0.217. The molecule has 1 atom stereocenters. The van der Waals surface area contributed by atoms with Gasteiger partial charge in [0.2, 0.25) is 5.91 Å². The Morgan fingerprint density at radius 2 is 1.88 bits per heavy atom. The van der Waals surface area contributed by atoms with Crippen LogP contribution in [0.15, 0.2) is 34.1 Å². The summed E-state index contributed by atoms with van der Waals surface area (Å²) in [7, 11) is 1.61. The number of aromatic nitrogens is 1. The molecular formula is C19H22BrN3O2S. The van der Waals surface area contributed by atoms with Crippen molar-refractivity contribution in [2.45, 2.75) is 38.1 Å². The summed E-state index contributed by atoms with van der Waals surface area (Å²) in [5, 5.41) is 7.85. The smallest absolute Gasteiger partial charge is 0.280 e. The van der Waals surface area contributed by atoms with Gasteiger partial charge in [0.15, 0.2) is 5.01 Å². The highest BCUT2D eigenvalue weighted by Gasteiger charge is 2.31. The van der Waals surface area contributed by atoms with Crippen molar-refractivity contribution in [1.82, 2.24) is 15.6 Å². The third kappa shape index (κ3) is 4.51. The maximum absolute atomic E-state index is 12.7. The fourth-order valence-electron chi connectivity index (χ4n) is 3.35. The number of hydrogen-bond acceptors (Lipinski definition) is 4. The third-order valence-corrected chi connectivity index (χ3v) is 6.14. The molecule has 0 radical (unpaired) electrons. The number of likely N-dealkylation sites (N-methyl/N-ethyl adjacent to an activating group) is 1. The lowest BCUT2D eigenvalue weighted by atomic mass is 9.83. The maximum Gasteiger partial charge on any atom is 0.280 e. The lowest BCUT2D eigenvalue weighted by Crippen LogP contribution is -2.50. The zero-order chi connectivity index (χ0) is 18.5. The van der Waals surface area contributed by atoms with Crippen LogP contribution in [0, 0.1) is 5.92 Å². The molecule has 7 heteroatoms. The van der Waals surface area contributed by atoms with Gasteiger partial charge in [0.1, 0.15) is 6.04 Å². The SMILES string of the molecule is CNC(=O)[C@@H](NC(=O)c1nc(-c2ccc(Br)cc2)cs1)C1CCCCC1. The number of amides is 2. The second-order valence-corrected chi connectivity index (χ2v) is 8.28. The molecule has 5 nitrogen and oxygen atoms in total. The maximum atomic E-state index is 12.7. The van der Waals surface area contributed by atoms with Gasteiger partial charge in [-0.3, -0.25) is 9.59 Å². The number of carbonyl (C=O) groups is 2. The Kier molecular flexibility index (Phi) is 6.43. The molecule has 1 aliphatic rings. The molecule has 1 saturated carbocycles. The van der Waals surface area contributed by atoms with E-state index < -0.39 is 6.04 Å². The molecule has 0 aliphatic heterocycles. The van der Waals surface area contributed by atoms with Crippen LogP contribution in [0.2, 0.25) is 0 Å². The van der Waals surface area contributed by atoms with Gasteiger partial charge in [-0.15, -0.1) is 11.3 Å². The first-order valence-corrected chi connectivity index (χ1v) is 10.5. The Bertz CT molecular complexity index is 769. The molecule has 1 aromatic carbocycles. The van der Waals surface area contributed by atoms with Crippen molar-refractivity contribution >= 4 is 39.1 Å². The van der Waals surface area contributed by atoms with Crippen molar-refractivity contribution in [2.24, 2.45) is 5.92 Å². The summed E-state index contributed by atoms with van der Waals surface area (Å²) in [6, 6.07) is 7.30. The highest BCUT2D eigenvalue weighted by Crippen LogP contribution is 2.28. The third-order valence-electron chi connectivity index (χ3n) is 4.78. The normalized spacial score (nSPS) is 16.1. The van der Waals surface area contributed by atoms with Crippen LogP contribution in [0.1, 0.15) is 41.9 Å². The van der Waals surface area contributed by atoms with Crippen molar-refractivity contribution in [2.75, 3.05) is 7.05 Å². The molecule has 0 bridgehead atoms. The van der Waals surface area contributed by atoms with Crippen LogP contribution in [0.5, 0.6) is 0 Å². The standard InChI is InChI=1S/C19H22BrN3O2S/c1-21-17(24)16(13-5-3-2-4-6-13)23-18(25)19-22-15(11-26-19)12-7-9-14(20)10-8-12/h7-11,13,16H,2-6H2,1H3,(H,21,24)(H,23,25)/t16-/m0/s1. The molecule has 3 rings (SSSR count). The van der Waals surface area contributed by atoms with Crippen molar-refractivity contribution in [3.63, 3.8) is 0 Å². The summed E-state index contributed by atoms with van der Waals surface area (Å²) in [6.45, 7) is 0. The second kappa shape index (κ2) is 8.77. The molecule has 0 saturated heterocycles. The largest absolute Gasteiger partial charge is 0.357 e. The summed E-state index contributed by atoms with van der Waals surface area (Å²) in [4.78, 5) is 29.4. The predicted molar refractivity (Wildman–Crippen MR) is 107 cm³/mol. The van der Waals surface area contributed by atoms with E-state index in [4.69, 9.17) is 0 Å². The van der Waals surface area contributed by atoms with Gasteiger partial charge in [-0.1, -0.05) is 47.3 Å². The molecule has 1 aromatic heterocycles.